The Morgan fingerprint density at radius 1 is 1.31 bits per heavy atom. The minimum absolute atomic E-state index is 0.201. The molecule has 1 N–H and O–H groups in total. The summed E-state index contributed by atoms with van der Waals surface area (Å²) in [6, 6.07) is 0. The van der Waals surface area contributed by atoms with Crippen LogP contribution in [0.4, 0.5) is 0 Å². The first-order valence-corrected chi connectivity index (χ1v) is 5.29. The lowest BCUT2D eigenvalue weighted by atomic mass is 9.81. The zero-order chi connectivity index (χ0) is 10.1. The zero-order valence-electron chi connectivity index (χ0n) is 9.21. The van der Waals surface area contributed by atoms with E-state index >= 15 is 0 Å². The van der Waals surface area contributed by atoms with E-state index in [1.807, 2.05) is 13.8 Å². The van der Waals surface area contributed by atoms with Crippen molar-refractivity contribution < 1.29 is 9.84 Å². The highest BCUT2D eigenvalue weighted by Gasteiger charge is 2.36. The van der Waals surface area contributed by atoms with Crippen molar-refractivity contribution in [3.8, 4) is 0 Å². The molecule has 0 amide bonds. The molecule has 1 saturated heterocycles. The van der Waals surface area contributed by atoms with Gasteiger partial charge in [0, 0.05) is 12.8 Å². The average molecular weight is 186 g/mol. The lowest BCUT2D eigenvalue weighted by Crippen LogP contribution is -2.44. The van der Waals surface area contributed by atoms with Crippen LogP contribution in [0.1, 0.15) is 47.0 Å². The molecule has 1 heterocycles. The molecule has 78 valence electrons. The highest BCUT2D eigenvalue weighted by Crippen LogP contribution is 2.33. The molecule has 1 rings (SSSR count). The van der Waals surface area contributed by atoms with Gasteiger partial charge in [-0.1, -0.05) is 13.8 Å². The van der Waals surface area contributed by atoms with Crippen LogP contribution in [0.2, 0.25) is 0 Å². The van der Waals surface area contributed by atoms with Crippen molar-refractivity contribution in [2.45, 2.75) is 64.8 Å². The zero-order valence-corrected chi connectivity index (χ0v) is 9.21. The van der Waals surface area contributed by atoms with Gasteiger partial charge < -0.3 is 9.84 Å². The summed E-state index contributed by atoms with van der Waals surface area (Å²) >= 11 is 0. The summed E-state index contributed by atoms with van der Waals surface area (Å²) in [7, 11) is 0. The molecule has 13 heavy (non-hydrogen) atoms. The van der Waals surface area contributed by atoms with Gasteiger partial charge in [0.25, 0.3) is 0 Å². The normalized spacial score (nSPS) is 41.1. The third-order valence-electron chi connectivity index (χ3n) is 2.59. The van der Waals surface area contributed by atoms with Crippen molar-refractivity contribution >= 4 is 0 Å². The van der Waals surface area contributed by atoms with Gasteiger partial charge in [0.1, 0.15) is 0 Å². The van der Waals surface area contributed by atoms with Crippen molar-refractivity contribution in [1.29, 1.82) is 0 Å². The molecule has 0 spiro atoms. The second kappa shape index (κ2) is 3.97. The van der Waals surface area contributed by atoms with Crippen molar-refractivity contribution in [2.75, 3.05) is 0 Å². The second-order valence-corrected chi connectivity index (χ2v) is 4.99. The molecule has 3 atom stereocenters. The summed E-state index contributed by atoms with van der Waals surface area (Å²) in [5, 5.41) is 10.3. The van der Waals surface area contributed by atoms with E-state index in [-0.39, 0.29) is 12.2 Å². The molecule has 1 fully saturated rings. The lowest BCUT2D eigenvalue weighted by molar-refractivity contribution is -0.138. The van der Waals surface area contributed by atoms with E-state index in [1.54, 1.807) is 0 Å². The Morgan fingerprint density at radius 3 is 2.15 bits per heavy atom. The summed E-state index contributed by atoms with van der Waals surface area (Å²) in [5.74, 6) is 0.558. The molecule has 0 radical (unpaired) electrons. The molecule has 2 heteroatoms. The van der Waals surface area contributed by atoms with Gasteiger partial charge in [-0.3, -0.25) is 0 Å². The van der Waals surface area contributed by atoms with Crippen molar-refractivity contribution in [3.63, 3.8) is 0 Å². The van der Waals surface area contributed by atoms with Crippen LogP contribution in [0.5, 0.6) is 0 Å². The molecule has 0 aromatic rings. The maximum atomic E-state index is 10.3. The topological polar surface area (TPSA) is 29.5 Å². The molecule has 2 nitrogen and oxygen atoms in total. The van der Waals surface area contributed by atoms with Crippen LogP contribution in [0, 0.1) is 5.92 Å². The first-order chi connectivity index (χ1) is 5.91. The van der Waals surface area contributed by atoms with Crippen molar-refractivity contribution in [2.24, 2.45) is 5.92 Å². The Kier molecular flexibility index (Phi) is 3.36. The Balaban J connectivity index is 2.55. The highest BCUT2D eigenvalue weighted by molar-refractivity contribution is 4.87. The van der Waals surface area contributed by atoms with E-state index in [0.717, 1.165) is 19.3 Å². The Labute approximate surface area is 81.3 Å². The van der Waals surface area contributed by atoms with Gasteiger partial charge in [0.05, 0.1) is 17.8 Å². The molecule has 0 aromatic heterocycles. The standard InChI is InChI=1S/C11H22O2/c1-8(2)5-11(12)6-9(3)13-10(4)7-11/h8-10,12H,5-7H2,1-4H3/t9-,10+,11-. The quantitative estimate of drug-likeness (QED) is 0.717. The predicted molar refractivity (Wildman–Crippen MR) is 53.6 cm³/mol. The first-order valence-electron chi connectivity index (χ1n) is 5.29. The molecule has 0 aliphatic carbocycles. The minimum atomic E-state index is -0.481. The molecule has 1 aliphatic rings. The van der Waals surface area contributed by atoms with Gasteiger partial charge in [-0.15, -0.1) is 0 Å². The fraction of sp³-hybridized carbons (Fsp3) is 1.00. The highest BCUT2D eigenvalue weighted by atomic mass is 16.5. The molecule has 0 saturated carbocycles. The fourth-order valence-corrected chi connectivity index (χ4v) is 2.57. The van der Waals surface area contributed by atoms with Crippen LogP contribution in [0.3, 0.4) is 0 Å². The monoisotopic (exact) mass is 186 g/mol. The smallest absolute Gasteiger partial charge is 0.0699 e. The van der Waals surface area contributed by atoms with E-state index in [1.165, 1.54) is 0 Å². The maximum absolute atomic E-state index is 10.3. The summed E-state index contributed by atoms with van der Waals surface area (Å²) in [6.45, 7) is 8.40. The first kappa shape index (κ1) is 11.0. The van der Waals surface area contributed by atoms with Crippen LogP contribution < -0.4 is 0 Å². The second-order valence-electron chi connectivity index (χ2n) is 4.99. The van der Waals surface area contributed by atoms with Crippen LogP contribution in [-0.2, 0) is 4.74 Å². The van der Waals surface area contributed by atoms with Gasteiger partial charge in [-0.25, -0.2) is 0 Å². The predicted octanol–water partition coefficient (Wildman–Crippen LogP) is 2.35. The van der Waals surface area contributed by atoms with E-state index < -0.39 is 5.60 Å². The molecule has 1 aliphatic heterocycles. The number of hydrogen-bond donors (Lipinski definition) is 1. The lowest BCUT2D eigenvalue weighted by Gasteiger charge is -2.40. The average Bonchev–Trinajstić information content (AvgIpc) is 1.77. The van der Waals surface area contributed by atoms with Crippen molar-refractivity contribution in [1.82, 2.24) is 0 Å². The number of rotatable bonds is 2. The SMILES string of the molecule is CC(C)C[C@@]1(O)C[C@@H](C)O[C@@H](C)C1. The van der Waals surface area contributed by atoms with Gasteiger partial charge in [0.2, 0.25) is 0 Å². The summed E-state index contributed by atoms with van der Waals surface area (Å²) in [5.41, 5.74) is -0.481. The third-order valence-corrected chi connectivity index (χ3v) is 2.59. The van der Waals surface area contributed by atoms with E-state index in [2.05, 4.69) is 13.8 Å². The third kappa shape index (κ3) is 3.28. The van der Waals surface area contributed by atoms with Crippen LogP contribution in [-0.4, -0.2) is 22.9 Å². The molecular formula is C11H22O2. The maximum Gasteiger partial charge on any atom is 0.0699 e. The number of aliphatic hydroxyl groups is 1. The number of ether oxygens (including phenoxy) is 1. The van der Waals surface area contributed by atoms with Crippen LogP contribution in [0.25, 0.3) is 0 Å². The van der Waals surface area contributed by atoms with Crippen LogP contribution in [0.15, 0.2) is 0 Å². The van der Waals surface area contributed by atoms with Gasteiger partial charge >= 0.3 is 0 Å². The summed E-state index contributed by atoms with van der Waals surface area (Å²) in [6.07, 6.45) is 2.87. The number of hydrogen-bond acceptors (Lipinski definition) is 2. The molecular weight excluding hydrogens is 164 g/mol. The van der Waals surface area contributed by atoms with Crippen LogP contribution >= 0.6 is 0 Å². The summed E-state index contributed by atoms with van der Waals surface area (Å²) < 4.78 is 5.60. The largest absolute Gasteiger partial charge is 0.390 e. The summed E-state index contributed by atoms with van der Waals surface area (Å²) in [4.78, 5) is 0. The molecule has 0 bridgehead atoms. The molecule has 0 aromatic carbocycles. The van der Waals surface area contributed by atoms with E-state index in [9.17, 15) is 5.11 Å². The van der Waals surface area contributed by atoms with E-state index in [0.29, 0.717) is 5.92 Å². The van der Waals surface area contributed by atoms with Gasteiger partial charge in [-0.2, -0.15) is 0 Å². The molecule has 0 unspecified atom stereocenters. The Hall–Kier alpha value is -0.0800. The fourth-order valence-electron chi connectivity index (χ4n) is 2.57. The van der Waals surface area contributed by atoms with Gasteiger partial charge in [-0.05, 0) is 26.2 Å². The van der Waals surface area contributed by atoms with Gasteiger partial charge in [0.15, 0.2) is 0 Å². The van der Waals surface area contributed by atoms with E-state index in [4.69, 9.17) is 4.74 Å². The van der Waals surface area contributed by atoms with Crippen molar-refractivity contribution in [3.05, 3.63) is 0 Å². The Bertz CT molecular complexity index is 150. The minimum Gasteiger partial charge on any atom is -0.390 e. The Morgan fingerprint density at radius 2 is 1.77 bits per heavy atom.